The molecule has 5 heterocycles. The Morgan fingerprint density at radius 3 is 3.00 bits per heavy atom. The highest BCUT2D eigenvalue weighted by Crippen LogP contribution is 2.28. The molecular weight excluding hydrogens is 354 g/mol. The number of rotatable bonds is 4. The van der Waals surface area contributed by atoms with E-state index in [1.807, 2.05) is 23.0 Å². The van der Waals surface area contributed by atoms with Crippen molar-refractivity contribution in [2.75, 3.05) is 13.1 Å². The quantitative estimate of drug-likeness (QED) is 0.535. The minimum Gasteiger partial charge on any atom is -0.298 e. The number of nitrogens with zero attached hydrogens (tertiary/aromatic N) is 5. The summed E-state index contributed by atoms with van der Waals surface area (Å²) < 4.78 is 1.93. The molecule has 0 bridgehead atoms. The molecule has 0 unspecified atom stereocenters. The van der Waals surface area contributed by atoms with Gasteiger partial charge in [0.05, 0.1) is 0 Å². The molecule has 1 atom stereocenters. The van der Waals surface area contributed by atoms with Crippen molar-refractivity contribution >= 4 is 17.0 Å². The van der Waals surface area contributed by atoms with Crippen molar-refractivity contribution in [3.63, 3.8) is 0 Å². The molecule has 0 amide bonds. The van der Waals surface area contributed by atoms with Gasteiger partial charge in [0, 0.05) is 48.0 Å². The smallest absolute Gasteiger partial charge is 0.156 e. The van der Waals surface area contributed by atoms with Crippen LogP contribution in [0.5, 0.6) is 0 Å². The fraction of sp³-hybridized carbons (Fsp3) is 0.286. The summed E-state index contributed by atoms with van der Waals surface area (Å²) >= 11 is 1.75. The van der Waals surface area contributed by atoms with E-state index < -0.39 is 0 Å². The number of thiophene rings is 1. The van der Waals surface area contributed by atoms with Gasteiger partial charge in [-0.15, -0.1) is 11.3 Å². The van der Waals surface area contributed by atoms with Gasteiger partial charge in [-0.05, 0) is 54.6 Å². The highest BCUT2D eigenvalue weighted by molar-refractivity contribution is 7.13. The Morgan fingerprint density at radius 1 is 1.15 bits per heavy atom. The van der Waals surface area contributed by atoms with E-state index in [0.717, 1.165) is 37.5 Å². The molecule has 1 aliphatic rings. The maximum atomic E-state index is 4.82. The molecule has 1 saturated heterocycles. The van der Waals surface area contributed by atoms with Gasteiger partial charge in [-0.3, -0.25) is 9.88 Å². The van der Waals surface area contributed by atoms with Gasteiger partial charge < -0.3 is 0 Å². The van der Waals surface area contributed by atoms with Gasteiger partial charge in [0.25, 0.3) is 0 Å². The lowest BCUT2D eigenvalue weighted by molar-refractivity contribution is 0.196. The lowest BCUT2D eigenvalue weighted by Crippen LogP contribution is -2.34. The highest BCUT2D eigenvalue weighted by Gasteiger charge is 2.24. The molecule has 4 aromatic heterocycles. The second kappa shape index (κ2) is 7.21. The fourth-order valence-corrected chi connectivity index (χ4v) is 4.54. The van der Waals surface area contributed by atoms with Crippen LogP contribution < -0.4 is 0 Å². The van der Waals surface area contributed by atoms with Crippen LogP contribution in [0.25, 0.3) is 16.1 Å². The van der Waals surface area contributed by atoms with Gasteiger partial charge in [0.2, 0.25) is 0 Å². The lowest BCUT2D eigenvalue weighted by Gasteiger charge is -2.31. The first-order valence-electron chi connectivity index (χ1n) is 9.36. The Bertz CT molecular complexity index is 1030. The summed E-state index contributed by atoms with van der Waals surface area (Å²) in [6.07, 6.45) is 8.21. The molecule has 5 nitrogen and oxygen atoms in total. The lowest BCUT2D eigenvalue weighted by atomic mass is 9.97. The fourth-order valence-electron chi connectivity index (χ4n) is 3.82. The van der Waals surface area contributed by atoms with Gasteiger partial charge in [-0.25, -0.2) is 9.50 Å². The van der Waals surface area contributed by atoms with Crippen molar-refractivity contribution in [1.82, 2.24) is 24.5 Å². The molecule has 0 spiro atoms. The van der Waals surface area contributed by atoms with Crippen molar-refractivity contribution in [3.8, 4) is 10.4 Å². The van der Waals surface area contributed by atoms with Crippen LogP contribution in [0.1, 0.15) is 30.1 Å². The molecule has 4 aromatic rings. The van der Waals surface area contributed by atoms with Crippen LogP contribution in [0.4, 0.5) is 0 Å². The topological polar surface area (TPSA) is 46.3 Å². The third kappa shape index (κ3) is 3.50. The molecule has 1 aliphatic heterocycles. The van der Waals surface area contributed by atoms with Gasteiger partial charge in [0.15, 0.2) is 11.5 Å². The molecule has 1 fully saturated rings. The van der Waals surface area contributed by atoms with E-state index in [2.05, 4.69) is 51.8 Å². The summed E-state index contributed by atoms with van der Waals surface area (Å²) in [5.41, 5.74) is 3.38. The molecule has 0 radical (unpaired) electrons. The average molecular weight is 376 g/mol. The first kappa shape index (κ1) is 16.6. The van der Waals surface area contributed by atoms with E-state index >= 15 is 0 Å². The molecule has 0 N–H and O–H groups in total. The number of hydrogen-bond acceptors (Lipinski definition) is 5. The minimum absolute atomic E-state index is 0.389. The van der Waals surface area contributed by atoms with Crippen molar-refractivity contribution in [1.29, 1.82) is 0 Å². The zero-order valence-electron chi connectivity index (χ0n) is 15.0. The van der Waals surface area contributed by atoms with Crippen molar-refractivity contribution < 1.29 is 0 Å². The van der Waals surface area contributed by atoms with E-state index in [0.29, 0.717) is 5.92 Å². The molecular formula is C21H21N5S. The van der Waals surface area contributed by atoms with Crippen LogP contribution in [-0.4, -0.2) is 37.6 Å². The molecule has 5 rings (SSSR count). The largest absolute Gasteiger partial charge is 0.298 e. The van der Waals surface area contributed by atoms with E-state index in [-0.39, 0.29) is 0 Å². The van der Waals surface area contributed by atoms with Crippen LogP contribution >= 0.6 is 11.3 Å². The second-order valence-electron chi connectivity index (χ2n) is 7.10. The van der Waals surface area contributed by atoms with Crippen LogP contribution in [0, 0.1) is 0 Å². The Hall–Kier alpha value is -2.57. The molecule has 27 heavy (non-hydrogen) atoms. The Kier molecular flexibility index (Phi) is 4.43. The third-order valence-electron chi connectivity index (χ3n) is 5.15. The van der Waals surface area contributed by atoms with Crippen LogP contribution in [-0.2, 0) is 6.54 Å². The number of aromatic nitrogens is 4. The summed E-state index contributed by atoms with van der Waals surface area (Å²) in [7, 11) is 0. The number of hydrogen-bond donors (Lipinski definition) is 0. The van der Waals surface area contributed by atoms with E-state index in [4.69, 9.17) is 10.1 Å². The molecule has 0 aliphatic carbocycles. The SMILES string of the molecule is c1cncc(CN2CCC[C@H](c3nc4ccc(-c5cccs5)cn4n3)C2)c1. The molecule has 0 saturated carbocycles. The highest BCUT2D eigenvalue weighted by atomic mass is 32.1. The second-order valence-corrected chi connectivity index (χ2v) is 8.05. The first-order chi connectivity index (χ1) is 13.3. The zero-order chi connectivity index (χ0) is 18.1. The number of likely N-dealkylation sites (tertiary alicyclic amines) is 1. The van der Waals surface area contributed by atoms with Crippen molar-refractivity contribution in [2.45, 2.75) is 25.3 Å². The van der Waals surface area contributed by atoms with Crippen LogP contribution in [0.3, 0.4) is 0 Å². The minimum atomic E-state index is 0.389. The summed E-state index contributed by atoms with van der Waals surface area (Å²) in [5, 5.41) is 6.92. The van der Waals surface area contributed by atoms with Gasteiger partial charge in [0.1, 0.15) is 0 Å². The summed E-state index contributed by atoms with van der Waals surface area (Å²) in [6.45, 7) is 3.07. The average Bonchev–Trinajstić information content (AvgIpc) is 3.38. The van der Waals surface area contributed by atoms with Crippen molar-refractivity contribution in [2.24, 2.45) is 0 Å². The summed E-state index contributed by atoms with van der Waals surface area (Å²) in [4.78, 5) is 12.8. The van der Waals surface area contributed by atoms with E-state index in [1.165, 1.54) is 22.4 Å². The Labute approximate surface area is 162 Å². The molecule has 136 valence electrons. The maximum Gasteiger partial charge on any atom is 0.156 e. The Balaban J connectivity index is 1.36. The first-order valence-corrected chi connectivity index (χ1v) is 10.2. The Morgan fingerprint density at radius 2 is 2.15 bits per heavy atom. The number of fused-ring (bicyclic) bond motifs is 1. The summed E-state index contributed by atoms with van der Waals surface area (Å²) in [6, 6.07) is 12.6. The van der Waals surface area contributed by atoms with Crippen molar-refractivity contribution in [3.05, 3.63) is 71.8 Å². The van der Waals surface area contributed by atoms with E-state index in [1.54, 1.807) is 11.3 Å². The monoisotopic (exact) mass is 375 g/mol. The zero-order valence-corrected chi connectivity index (χ0v) is 15.8. The predicted molar refractivity (Wildman–Crippen MR) is 108 cm³/mol. The molecule has 0 aromatic carbocycles. The summed E-state index contributed by atoms with van der Waals surface area (Å²) in [5.74, 6) is 1.36. The molecule has 6 heteroatoms. The van der Waals surface area contributed by atoms with Gasteiger partial charge in [-0.1, -0.05) is 12.1 Å². The van der Waals surface area contributed by atoms with Gasteiger partial charge >= 0.3 is 0 Å². The number of piperidine rings is 1. The number of pyridine rings is 2. The van der Waals surface area contributed by atoms with Crippen LogP contribution in [0.15, 0.2) is 60.4 Å². The third-order valence-corrected chi connectivity index (χ3v) is 6.07. The van der Waals surface area contributed by atoms with Crippen LogP contribution in [0.2, 0.25) is 0 Å². The predicted octanol–water partition coefficient (Wildman–Crippen LogP) is 4.23. The van der Waals surface area contributed by atoms with E-state index in [9.17, 15) is 0 Å². The standard InChI is InChI=1S/C21H21N5S/c1-4-16(12-22-9-1)13-25-10-2-5-18(14-25)21-23-20-8-7-17(15-26(20)24-21)19-6-3-11-27-19/h1,3-4,6-9,11-12,15,18H,2,5,10,13-14H2/t18-/m0/s1. The maximum absolute atomic E-state index is 4.82. The van der Waals surface area contributed by atoms with Gasteiger partial charge in [-0.2, -0.15) is 5.10 Å². The normalized spacial score (nSPS) is 18.1.